The van der Waals surface area contributed by atoms with Crippen molar-refractivity contribution in [3.8, 4) is 0 Å². The summed E-state index contributed by atoms with van der Waals surface area (Å²) in [6.45, 7) is 3.32. The molecule has 0 bridgehead atoms. The summed E-state index contributed by atoms with van der Waals surface area (Å²) in [6, 6.07) is 11.7. The molecule has 0 amide bonds. The van der Waals surface area contributed by atoms with Crippen molar-refractivity contribution in [2.75, 3.05) is 36.8 Å². The van der Waals surface area contributed by atoms with Crippen LogP contribution in [0.15, 0.2) is 47.1 Å². The van der Waals surface area contributed by atoms with Crippen molar-refractivity contribution >= 4 is 21.7 Å². The van der Waals surface area contributed by atoms with E-state index in [-0.39, 0.29) is 0 Å². The molecule has 33 heavy (non-hydrogen) atoms. The first kappa shape index (κ1) is 25.1. The van der Waals surface area contributed by atoms with Crippen LogP contribution in [0.5, 0.6) is 0 Å². The highest BCUT2D eigenvalue weighted by Gasteiger charge is 2.42. The van der Waals surface area contributed by atoms with Gasteiger partial charge in [0, 0.05) is 18.7 Å². The Morgan fingerprint density at radius 1 is 1.12 bits per heavy atom. The highest BCUT2D eigenvalue weighted by atomic mass is 32.2. The summed E-state index contributed by atoms with van der Waals surface area (Å²) in [7, 11) is -3.33. The van der Waals surface area contributed by atoms with Gasteiger partial charge in [-0.05, 0) is 31.0 Å². The van der Waals surface area contributed by atoms with Gasteiger partial charge in [-0.1, -0.05) is 18.2 Å². The van der Waals surface area contributed by atoms with Crippen LogP contribution in [-0.4, -0.2) is 63.1 Å². The number of ether oxygens (including phenoxy) is 1. The number of carboxylic acid groups (broad SMARTS) is 1. The first-order valence-corrected chi connectivity index (χ1v) is 12.0. The molecule has 1 fully saturated rings. The van der Waals surface area contributed by atoms with E-state index in [2.05, 4.69) is 4.90 Å². The van der Waals surface area contributed by atoms with Crippen LogP contribution in [0.2, 0.25) is 0 Å². The summed E-state index contributed by atoms with van der Waals surface area (Å²) in [5.41, 5.74) is 1.32. The Balaban J connectivity index is 0.000000383. The highest BCUT2D eigenvalue weighted by molar-refractivity contribution is 7.92. The molecule has 8 nitrogen and oxygen atoms in total. The molecule has 0 radical (unpaired) electrons. The Labute approximate surface area is 189 Å². The number of piperidine rings is 1. The van der Waals surface area contributed by atoms with Crippen molar-refractivity contribution < 1.29 is 40.6 Å². The molecule has 0 unspecified atom stereocenters. The van der Waals surface area contributed by atoms with Crippen molar-refractivity contribution in [1.29, 1.82) is 0 Å². The predicted molar refractivity (Wildman–Crippen MR) is 113 cm³/mol. The number of alkyl halides is 3. The largest absolute Gasteiger partial charge is 0.490 e. The summed E-state index contributed by atoms with van der Waals surface area (Å²) < 4.78 is 69.5. The number of rotatable bonds is 3. The van der Waals surface area contributed by atoms with Gasteiger partial charge < -0.3 is 14.3 Å². The van der Waals surface area contributed by atoms with Crippen LogP contribution in [0, 0.1) is 0 Å². The fraction of sp³-hybridized carbons (Fsp3) is 0.476. The third kappa shape index (κ3) is 6.06. The van der Waals surface area contributed by atoms with E-state index >= 15 is 0 Å². The van der Waals surface area contributed by atoms with Gasteiger partial charge in [0.25, 0.3) is 0 Å². The summed E-state index contributed by atoms with van der Waals surface area (Å²) in [4.78, 5) is 11.3. The second-order valence-corrected chi connectivity index (χ2v) is 9.76. The summed E-state index contributed by atoms with van der Waals surface area (Å²) in [5, 5.41) is 7.12. The predicted octanol–water partition coefficient (Wildman–Crippen LogP) is 3.20. The van der Waals surface area contributed by atoms with Crippen molar-refractivity contribution in [2.24, 2.45) is 0 Å². The maximum atomic E-state index is 12.3. The van der Waals surface area contributed by atoms with Crippen LogP contribution < -0.4 is 4.31 Å². The van der Waals surface area contributed by atoms with Crippen molar-refractivity contribution in [1.82, 2.24) is 4.90 Å². The fourth-order valence-electron chi connectivity index (χ4n) is 4.05. The van der Waals surface area contributed by atoms with Crippen LogP contribution in [0.3, 0.4) is 0 Å². The maximum absolute atomic E-state index is 12.3. The van der Waals surface area contributed by atoms with Crippen LogP contribution >= 0.6 is 0 Å². The minimum Gasteiger partial charge on any atom is -0.475 e. The van der Waals surface area contributed by atoms with Gasteiger partial charge in [0.05, 0.1) is 43.5 Å². The van der Waals surface area contributed by atoms with E-state index in [9.17, 15) is 21.6 Å². The minimum absolute atomic E-state index is 0.355. The number of para-hydroxylation sites is 1. The lowest BCUT2D eigenvalue weighted by atomic mass is 9.83. The van der Waals surface area contributed by atoms with Gasteiger partial charge in [0.2, 0.25) is 10.0 Å². The molecule has 1 aromatic heterocycles. The Kier molecular flexibility index (Phi) is 7.39. The number of hydrogen-bond donors (Lipinski definition) is 1. The van der Waals surface area contributed by atoms with Crippen LogP contribution in [0.1, 0.15) is 24.2 Å². The number of halogens is 3. The van der Waals surface area contributed by atoms with Gasteiger partial charge in [-0.2, -0.15) is 13.2 Å². The number of fused-ring (bicyclic) bond motifs is 2. The number of anilines is 1. The van der Waals surface area contributed by atoms with E-state index in [1.54, 1.807) is 6.26 Å². The van der Waals surface area contributed by atoms with Crippen molar-refractivity contribution in [2.45, 2.75) is 31.2 Å². The topological polar surface area (TPSA) is 100 Å². The number of carbonyl (C=O) groups is 1. The summed E-state index contributed by atoms with van der Waals surface area (Å²) >= 11 is 0. The summed E-state index contributed by atoms with van der Waals surface area (Å²) in [5.74, 6) is -1.79. The van der Waals surface area contributed by atoms with E-state index in [0.29, 0.717) is 13.2 Å². The van der Waals surface area contributed by atoms with Gasteiger partial charge in [0.1, 0.15) is 5.76 Å². The quantitative estimate of drug-likeness (QED) is 0.705. The van der Waals surface area contributed by atoms with Gasteiger partial charge in [-0.25, -0.2) is 13.2 Å². The van der Waals surface area contributed by atoms with Crippen LogP contribution in [0.25, 0.3) is 0 Å². The Hall–Kier alpha value is -2.57. The average molecular weight is 491 g/mol. The zero-order valence-electron chi connectivity index (χ0n) is 17.9. The third-order valence-corrected chi connectivity index (χ3v) is 6.78. The minimum atomic E-state index is -5.08. The van der Waals surface area contributed by atoms with Gasteiger partial charge in [0.15, 0.2) is 0 Å². The zero-order valence-corrected chi connectivity index (χ0v) is 18.7. The molecular weight excluding hydrogens is 465 g/mol. The smallest absolute Gasteiger partial charge is 0.475 e. The number of likely N-dealkylation sites (tertiary alicyclic amines) is 1. The number of furan rings is 1. The molecule has 4 rings (SSSR count). The molecule has 2 aliphatic rings. The first-order valence-electron chi connectivity index (χ1n) is 10.2. The molecule has 1 N–H and O–H groups in total. The second-order valence-electron chi connectivity index (χ2n) is 7.85. The molecule has 12 heteroatoms. The Bertz CT molecular complexity index is 1050. The van der Waals surface area contributed by atoms with Gasteiger partial charge >= 0.3 is 12.1 Å². The van der Waals surface area contributed by atoms with Gasteiger partial charge in [-0.3, -0.25) is 9.21 Å². The monoisotopic (exact) mass is 490 g/mol. The molecule has 2 aliphatic heterocycles. The maximum Gasteiger partial charge on any atom is 0.490 e. The van der Waals surface area contributed by atoms with E-state index in [4.69, 9.17) is 19.1 Å². The molecule has 1 aromatic carbocycles. The molecule has 182 valence electrons. The first-order chi connectivity index (χ1) is 15.4. The second kappa shape index (κ2) is 9.74. The van der Waals surface area contributed by atoms with Crippen LogP contribution in [0.4, 0.5) is 18.9 Å². The Morgan fingerprint density at radius 2 is 1.76 bits per heavy atom. The normalized spacial score (nSPS) is 18.7. The van der Waals surface area contributed by atoms with E-state index in [1.165, 1.54) is 10.6 Å². The average Bonchev–Trinajstić information content (AvgIpc) is 3.19. The lowest BCUT2D eigenvalue weighted by Gasteiger charge is -2.41. The number of benzene rings is 1. The van der Waals surface area contributed by atoms with E-state index in [1.807, 2.05) is 36.4 Å². The number of nitrogens with zero attached hydrogens (tertiary/aromatic N) is 2. The number of hydrogen-bond acceptors (Lipinski definition) is 6. The lowest BCUT2D eigenvalue weighted by Crippen LogP contribution is -2.43. The standard InChI is InChI=1S/C19H24N2O4S.C2HF3O2/c1-26(22,23)21-12-14-25-19(17-6-2-3-7-18(17)21)8-10-20(11-9-19)15-16-5-4-13-24-16;3-2(4,5)1(6)7/h2-7,13H,8-12,14-15H2,1H3;(H,6,7). The molecule has 3 heterocycles. The third-order valence-electron chi connectivity index (χ3n) is 5.60. The molecule has 0 saturated carbocycles. The highest BCUT2D eigenvalue weighted by Crippen LogP contribution is 2.43. The van der Waals surface area contributed by atoms with Crippen LogP contribution in [-0.2, 0) is 31.7 Å². The summed E-state index contributed by atoms with van der Waals surface area (Å²) in [6.07, 6.45) is -0.455. The molecule has 0 aliphatic carbocycles. The van der Waals surface area contributed by atoms with E-state index in [0.717, 1.165) is 49.5 Å². The fourth-order valence-corrected chi connectivity index (χ4v) is 4.97. The SMILES string of the molecule is CS(=O)(=O)N1CCOC2(CCN(Cc3ccco3)CC2)c2ccccc21.O=C(O)C(F)(F)F. The number of aliphatic carboxylic acids is 1. The van der Waals surface area contributed by atoms with E-state index < -0.39 is 27.8 Å². The molecule has 1 spiro atoms. The zero-order chi connectivity index (χ0) is 24.3. The number of sulfonamides is 1. The molecular formula is C21H25F3N2O6S. The van der Waals surface area contributed by atoms with Gasteiger partial charge in [-0.15, -0.1) is 0 Å². The lowest BCUT2D eigenvalue weighted by molar-refractivity contribution is -0.192. The molecule has 1 saturated heterocycles. The Morgan fingerprint density at radius 3 is 2.30 bits per heavy atom. The molecule has 0 atom stereocenters. The number of carboxylic acids is 1. The van der Waals surface area contributed by atoms with Crippen molar-refractivity contribution in [3.63, 3.8) is 0 Å². The molecule has 2 aromatic rings. The van der Waals surface area contributed by atoms with Crippen molar-refractivity contribution in [3.05, 3.63) is 54.0 Å².